The highest BCUT2D eigenvalue weighted by Gasteiger charge is 2.31. The van der Waals surface area contributed by atoms with Gasteiger partial charge in [0, 0.05) is 61.8 Å². The number of thiocarbonyl (C=S) groups is 1. The van der Waals surface area contributed by atoms with Crippen LogP contribution in [0, 0.1) is 18.7 Å². The first-order valence-corrected chi connectivity index (χ1v) is 12.9. The molecule has 0 amide bonds. The summed E-state index contributed by atoms with van der Waals surface area (Å²) >= 11 is 5.43. The van der Waals surface area contributed by atoms with Crippen LogP contribution in [0.3, 0.4) is 0 Å². The monoisotopic (exact) mass is 506 g/mol. The Labute approximate surface area is 218 Å². The van der Waals surface area contributed by atoms with E-state index in [2.05, 4.69) is 58.1 Å². The van der Waals surface area contributed by atoms with Gasteiger partial charge in [-0.3, -0.25) is 0 Å². The van der Waals surface area contributed by atoms with Crippen molar-refractivity contribution in [3.63, 3.8) is 0 Å². The van der Waals surface area contributed by atoms with Crippen molar-refractivity contribution in [2.24, 2.45) is 5.92 Å². The number of aromatic nitrogens is 2. The third-order valence-electron chi connectivity index (χ3n) is 6.84. The number of hydrogen-bond acceptors (Lipinski definition) is 5. The normalized spacial score (nSPS) is 19.5. The van der Waals surface area contributed by atoms with Crippen LogP contribution in [0.2, 0.25) is 0 Å². The van der Waals surface area contributed by atoms with Crippen LogP contribution >= 0.6 is 12.2 Å². The van der Waals surface area contributed by atoms with E-state index in [0.717, 1.165) is 54.4 Å². The fourth-order valence-electron chi connectivity index (χ4n) is 4.81. The van der Waals surface area contributed by atoms with Crippen molar-refractivity contribution in [3.8, 4) is 11.3 Å². The van der Waals surface area contributed by atoms with E-state index in [4.69, 9.17) is 22.2 Å². The van der Waals surface area contributed by atoms with E-state index in [9.17, 15) is 4.39 Å². The van der Waals surface area contributed by atoms with E-state index in [-0.39, 0.29) is 5.82 Å². The molecule has 0 spiro atoms. The first-order valence-electron chi connectivity index (χ1n) is 12.5. The lowest BCUT2D eigenvalue weighted by molar-refractivity contribution is 0.254. The molecule has 1 fully saturated rings. The summed E-state index contributed by atoms with van der Waals surface area (Å²) in [6.07, 6.45) is 2.11. The third-order valence-corrected chi connectivity index (χ3v) is 7.08. The molecule has 0 radical (unpaired) electrons. The van der Waals surface area contributed by atoms with Gasteiger partial charge in [0.1, 0.15) is 11.6 Å². The Kier molecular flexibility index (Phi) is 8.48. The van der Waals surface area contributed by atoms with Crippen molar-refractivity contribution < 1.29 is 4.39 Å². The van der Waals surface area contributed by atoms with Crippen molar-refractivity contribution in [2.75, 3.05) is 37.4 Å². The zero-order valence-electron chi connectivity index (χ0n) is 21.4. The molecule has 1 aromatic heterocycles. The summed E-state index contributed by atoms with van der Waals surface area (Å²) in [6, 6.07) is 17.1. The lowest BCUT2D eigenvalue weighted by Gasteiger charge is -2.37. The van der Waals surface area contributed by atoms with Crippen molar-refractivity contribution in [1.82, 2.24) is 20.6 Å². The van der Waals surface area contributed by atoms with Crippen molar-refractivity contribution in [2.45, 2.75) is 38.6 Å². The minimum absolute atomic E-state index is 0.265. The van der Waals surface area contributed by atoms with E-state index < -0.39 is 0 Å². The topological polar surface area (TPSA) is 65.1 Å². The van der Waals surface area contributed by atoms with E-state index in [0.29, 0.717) is 23.0 Å². The summed E-state index contributed by atoms with van der Waals surface area (Å²) in [5, 5.41) is 10.6. The highest BCUT2D eigenvalue weighted by atomic mass is 32.1. The Hall–Kier alpha value is -3.10. The maximum Gasteiger partial charge on any atom is 0.170 e. The molecule has 0 saturated carbocycles. The quantitative estimate of drug-likeness (QED) is 0.385. The summed E-state index contributed by atoms with van der Waals surface area (Å²) in [5.74, 6) is 1.38. The zero-order valence-corrected chi connectivity index (χ0v) is 22.2. The molecule has 1 saturated heterocycles. The molecule has 3 N–H and O–H groups in total. The summed E-state index contributed by atoms with van der Waals surface area (Å²) in [7, 11) is 4.09. The van der Waals surface area contributed by atoms with Crippen LogP contribution in [0.25, 0.3) is 11.3 Å². The number of nitrogens with zero attached hydrogens (tertiary/aromatic N) is 3. The number of benzene rings is 2. The lowest BCUT2D eigenvalue weighted by Crippen LogP contribution is -2.49. The lowest BCUT2D eigenvalue weighted by atomic mass is 9.79. The number of rotatable bonds is 7. The van der Waals surface area contributed by atoms with Crippen molar-refractivity contribution >= 4 is 28.7 Å². The second-order valence-corrected chi connectivity index (χ2v) is 10.0. The summed E-state index contributed by atoms with van der Waals surface area (Å²) < 4.78 is 13.1. The Bertz CT molecular complexity index is 1170. The smallest absolute Gasteiger partial charge is 0.170 e. The highest BCUT2D eigenvalue weighted by Crippen LogP contribution is 2.34. The number of anilines is 2. The molecule has 8 heteroatoms. The summed E-state index contributed by atoms with van der Waals surface area (Å²) in [6.45, 7) is 5.81. The average Bonchev–Trinajstić information content (AvgIpc) is 2.88. The van der Waals surface area contributed by atoms with Crippen LogP contribution in [-0.2, 0) is 0 Å². The van der Waals surface area contributed by atoms with Gasteiger partial charge in [0.05, 0.1) is 5.69 Å². The first kappa shape index (κ1) is 26.0. The standard InChI is InChI=1S/C28H35FN6S/c1-5-19-14-23(16-31-28(36)34-22-10-8-21(29)9-11-22)30-17-25(19)27-15-26(32-18(2)33-27)20-6-12-24(13-7-20)35(3)4/h6-13,15,19,23,25,30H,5,14,16-17H2,1-4H3,(H2,31,34,36)/t19-,23+,25-/m0/s1. The molecule has 0 aliphatic carbocycles. The van der Waals surface area contributed by atoms with E-state index in [1.807, 2.05) is 21.0 Å². The molecule has 4 rings (SSSR count). The van der Waals surface area contributed by atoms with Gasteiger partial charge in [-0.2, -0.15) is 0 Å². The number of hydrogen-bond donors (Lipinski definition) is 3. The van der Waals surface area contributed by atoms with Crippen LogP contribution < -0.4 is 20.9 Å². The molecular weight excluding hydrogens is 471 g/mol. The largest absolute Gasteiger partial charge is 0.378 e. The first-order chi connectivity index (χ1) is 17.3. The average molecular weight is 507 g/mol. The Morgan fingerprint density at radius 1 is 1.11 bits per heavy atom. The minimum Gasteiger partial charge on any atom is -0.378 e. The van der Waals surface area contributed by atoms with Gasteiger partial charge in [0.25, 0.3) is 0 Å². The van der Waals surface area contributed by atoms with Gasteiger partial charge in [-0.1, -0.05) is 25.5 Å². The molecule has 6 nitrogen and oxygen atoms in total. The fourth-order valence-corrected chi connectivity index (χ4v) is 5.01. The predicted molar refractivity (Wildman–Crippen MR) is 150 cm³/mol. The molecule has 36 heavy (non-hydrogen) atoms. The number of aryl methyl sites for hydroxylation is 1. The van der Waals surface area contributed by atoms with Crippen molar-refractivity contribution in [1.29, 1.82) is 0 Å². The van der Waals surface area contributed by atoms with Crippen LogP contribution in [0.15, 0.2) is 54.6 Å². The molecular formula is C28H35FN6S. The Morgan fingerprint density at radius 2 is 1.83 bits per heavy atom. The van der Waals surface area contributed by atoms with Crippen molar-refractivity contribution in [3.05, 3.63) is 71.9 Å². The Balaban J connectivity index is 1.39. The van der Waals surface area contributed by atoms with E-state index in [1.54, 1.807) is 12.1 Å². The zero-order chi connectivity index (χ0) is 25.7. The molecule has 190 valence electrons. The SMILES string of the molecule is CC[C@H]1C[C@H](CNC(=S)Nc2ccc(F)cc2)NC[C@@H]1c1cc(-c2ccc(N(C)C)cc2)nc(C)n1. The fraction of sp³-hybridized carbons (Fsp3) is 0.393. The van der Waals surface area contributed by atoms with Gasteiger partial charge in [0.2, 0.25) is 0 Å². The van der Waals surface area contributed by atoms with Crippen LogP contribution in [0.1, 0.15) is 37.2 Å². The second-order valence-electron chi connectivity index (χ2n) is 9.62. The number of halogens is 1. The second kappa shape index (κ2) is 11.8. The molecule has 2 aromatic carbocycles. The van der Waals surface area contributed by atoms with Crippen LogP contribution in [0.5, 0.6) is 0 Å². The van der Waals surface area contributed by atoms with Gasteiger partial charge in [-0.25, -0.2) is 14.4 Å². The molecule has 0 bridgehead atoms. The van der Waals surface area contributed by atoms with Gasteiger partial charge < -0.3 is 20.9 Å². The number of nitrogens with one attached hydrogen (secondary N) is 3. The van der Waals surface area contributed by atoms with Gasteiger partial charge >= 0.3 is 0 Å². The van der Waals surface area contributed by atoms with Crippen LogP contribution in [0.4, 0.5) is 15.8 Å². The Morgan fingerprint density at radius 3 is 2.50 bits per heavy atom. The van der Waals surface area contributed by atoms with Gasteiger partial charge in [-0.05, 0) is 73.9 Å². The predicted octanol–water partition coefficient (Wildman–Crippen LogP) is 5.12. The molecule has 1 aliphatic heterocycles. The van der Waals surface area contributed by atoms with E-state index >= 15 is 0 Å². The van der Waals surface area contributed by atoms with Crippen LogP contribution in [-0.4, -0.2) is 48.3 Å². The maximum atomic E-state index is 13.1. The number of piperidine rings is 1. The van der Waals surface area contributed by atoms with E-state index in [1.165, 1.54) is 17.8 Å². The molecule has 3 aromatic rings. The molecule has 3 atom stereocenters. The highest BCUT2D eigenvalue weighted by molar-refractivity contribution is 7.80. The minimum atomic E-state index is -0.265. The maximum absolute atomic E-state index is 13.1. The molecule has 1 aliphatic rings. The van der Waals surface area contributed by atoms with Gasteiger partial charge in [0.15, 0.2) is 5.11 Å². The summed E-state index contributed by atoms with van der Waals surface area (Å²) in [4.78, 5) is 11.7. The third kappa shape index (κ3) is 6.56. The molecule has 0 unspecified atom stereocenters. The van der Waals surface area contributed by atoms with Gasteiger partial charge in [-0.15, -0.1) is 0 Å². The molecule has 2 heterocycles. The summed E-state index contributed by atoms with van der Waals surface area (Å²) in [5.41, 5.74) is 5.11.